The van der Waals surface area contributed by atoms with E-state index in [1.165, 1.54) is 25.7 Å². The summed E-state index contributed by atoms with van der Waals surface area (Å²) >= 11 is 3.38. The van der Waals surface area contributed by atoms with E-state index in [2.05, 4.69) is 47.3 Å². The number of hydrogen-bond donors (Lipinski definition) is 2. The van der Waals surface area contributed by atoms with Crippen molar-refractivity contribution >= 4 is 27.5 Å². The zero-order valence-electron chi connectivity index (χ0n) is 13.3. The van der Waals surface area contributed by atoms with E-state index in [0.717, 1.165) is 16.7 Å². The molecule has 0 fully saturated rings. The Morgan fingerprint density at radius 3 is 2.48 bits per heavy atom. The molecule has 3 nitrogen and oxygen atoms in total. The van der Waals surface area contributed by atoms with E-state index in [1.54, 1.807) is 0 Å². The van der Waals surface area contributed by atoms with E-state index in [-0.39, 0.29) is 11.3 Å². The fourth-order valence-corrected chi connectivity index (χ4v) is 2.46. The molecule has 0 unspecified atom stereocenters. The molecule has 0 atom stereocenters. The van der Waals surface area contributed by atoms with Gasteiger partial charge in [0.1, 0.15) is 0 Å². The lowest BCUT2D eigenvalue weighted by molar-refractivity contribution is -0.115. The Kier molecular flexibility index (Phi) is 7.97. The normalized spacial score (nSPS) is 11.4. The van der Waals surface area contributed by atoms with E-state index in [0.29, 0.717) is 6.54 Å². The lowest BCUT2D eigenvalue weighted by Gasteiger charge is -2.25. The summed E-state index contributed by atoms with van der Waals surface area (Å²) in [5.41, 5.74) is 1.07. The molecule has 0 heterocycles. The molecule has 0 aliphatic heterocycles. The lowest BCUT2D eigenvalue weighted by atomic mass is 9.87. The Morgan fingerprint density at radius 1 is 1.19 bits per heavy atom. The molecule has 0 aromatic heterocycles. The van der Waals surface area contributed by atoms with Gasteiger partial charge in [0.2, 0.25) is 5.91 Å². The Hall–Kier alpha value is -0.870. The number of nitrogens with one attached hydrogen (secondary N) is 2. The highest BCUT2D eigenvalue weighted by Crippen LogP contribution is 2.22. The summed E-state index contributed by atoms with van der Waals surface area (Å²) in [4.78, 5) is 11.9. The van der Waals surface area contributed by atoms with E-state index < -0.39 is 0 Å². The monoisotopic (exact) mass is 354 g/mol. The smallest absolute Gasteiger partial charge is 0.238 e. The summed E-state index contributed by atoms with van der Waals surface area (Å²) in [6, 6.07) is 7.60. The zero-order chi connectivity index (χ0) is 15.7. The van der Waals surface area contributed by atoms with Crippen LogP contribution in [0.15, 0.2) is 28.7 Å². The van der Waals surface area contributed by atoms with Crippen LogP contribution in [0.2, 0.25) is 0 Å². The molecule has 4 heteroatoms. The lowest BCUT2D eigenvalue weighted by Crippen LogP contribution is -2.35. The molecule has 1 aromatic rings. The summed E-state index contributed by atoms with van der Waals surface area (Å²) in [5.74, 6) is 0.00156. The van der Waals surface area contributed by atoms with Crippen LogP contribution in [0.25, 0.3) is 0 Å². The molecule has 2 N–H and O–H groups in total. The van der Waals surface area contributed by atoms with Crippen LogP contribution in [-0.2, 0) is 4.79 Å². The summed E-state index contributed by atoms with van der Waals surface area (Å²) in [5, 5.41) is 6.15. The highest BCUT2D eigenvalue weighted by Gasteiger charge is 2.17. The average molecular weight is 355 g/mol. The van der Waals surface area contributed by atoms with Gasteiger partial charge in [0, 0.05) is 16.7 Å². The fourth-order valence-electron chi connectivity index (χ4n) is 2.19. The van der Waals surface area contributed by atoms with Gasteiger partial charge in [-0.1, -0.05) is 56.0 Å². The van der Waals surface area contributed by atoms with Gasteiger partial charge in [-0.05, 0) is 36.1 Å². The molecular weight excluding hydrogens is 328 g/mol. The average Bonchev–Trinajstić information content (AvgIpc) is 2.41. The molecule has 1 aromatic carbocycles. The Bertz CT molecular complexity index is 429. The van der Waals surface area contributed by atoms with Crippen LogP contribution in [0.1, 0.15) is 46.5 Å². The number of benzene rings is 1. The van der Waals surface area contributed by atoms with Crippen molar-refractivity contribution in [3.8, 4) is 0 Å². The number of carbonyl (C=O) groups is 1. The van der Waals surface area contributed by atoms with Crippen molar-refractivity contribution in [3.63, 3.8) is 0 Å². The first-order valence-electron chi connectivity index (χ1n) is 7.69. The quantitative estimate of drug-likeness (QED) is 0.637. The highest BCUT2D eigenvalue weighted by molar-refractivity contribution is 9.10. The summed E-state index contributed by atoms with van der Waals surface area (Å²) in [7, 11) is 0. The summed E-state index contributed by atoms with van der Waals surface area (Å²) in [6.07, 6.45) is 4.99. The molecule has 0 bridgehead atoms. The Labute approximate surface area is 137 Å². The third kappa shape index (κ3) is 8.22. The van der Waals surface area contributed by atoms with Crippen LogP contribution < -0.4 is 10.6 Å². The number of amides is 1. The molecule has 0 aliphatic rings. The van der Waals surface area contributed by atoms with Crippen LogP contribution in [0.5, 0.6) is 0 Å². The van der Waals surface area contributed by atoms with Crippen LogP contribution in [0.4, 0.5) is 5.69 Å². The van der Waals surface area contributed by atoms with E-state index in [1.807, 2.05) is 24.3 Å². The minimum absolute atomic E-state index is 0.00156. The van der Waals surface area contributed by atoms with Gasteiger partial charge in [-0.15, -0.1) is 0 Å². The summed E-state index contributed by atoms with van der Waals surface area (Å²) in [6.45, 7) is 7.94. The van der Waals surface area contributed by atoms with Crippen molar-refractivity contribution < 1.29 is 4.79 Å². The second-order valence-electron chi connectivity index (χ2n) is 6.28. The van der Waals surface area contributed by atoms with Gasteiger partial charge in [0.15, 0.2) is 0 Å². The topological polar surface area (TPSA) is 41.1 Å². The van der Waals surface area contributed by atoms with Crippen LogP contribution in [0.3, 0.4) is 0 Å². The first-order valence-corrected chi connectivity index (χ1v) is 8.48. The van der Waals surface area contributed by atoms with Gasteiger partial charge in [-0.3, -0.25) is 4.79 Å². The van der Waals surface area contributed by atoms with Crippen LogP contribution in [0, 0.1) is 5.41 Å². The van der Waals surface area contributed by atoms with Crippen molar-refractivity contribution in [3.05, 3.63) is 28.7 Å². The van der Waals surface area contributed by atoms with Gasteiger partial charge in [-0.2, -0.15) is 0 Å². The highest BCUT2D eigenvalue weighted by atomic mass is 79.9. The van der Waals surface area contributed by atoms with Crippen molar-refractivity contribution in [1.82, 2.24) is 5.32 Å². The van der Waals surface area contributed by atoms with Crippen LogP contribution in [-0.4, -0.2) is 19.0 Å². The zero-order valence-corrected chi connectivity index (χ0v) is 14.9. The predicted octanol–water partition coefficient (Wildman–Crippen LogP) is 4.58. The molecule has 0 spiro atoms. The van der Waals surface area contributed by atoms with Crippen LogP contribution >= 0.6 is 15.9 Å². The SMILES string of the molecule is CCCCCC(C)(C)CNCC(=O)Nc1ccc(Br)cc1. The number of anilines is 1. The van der Waals surface area contributed by atoms with Crippen molar-refractivity contribution in [2.75, 3.05) is 18.4 Å². The van der Waals surface area contributed by atoms with Crippen molar-refractivity contribution in [1.29, 1.82) is 0 Å². The fraction of sp³-hybridized carbons (Fsp3) is 0.588. The number of unbranched alkanes of at least 4 members (excludes halogenated alkanes) is 2. The molecule has 1 amide bonds. The molecule has 0 radical (unpaired) electrons. The number of halogens is 1. The second kappa shape index (κ2) is 9.21. The minimum Gasteiger partial charge on any atom is -0.325 e. The van der Waals surface area contributed by atoms with Gasteiger partial charge in [0.25, 0.3) is 0 Å². The molecule has 0 saturated heterocycles. The van der Waals surface area contributed by atoms with E-state index in [9.17, 15) is 4.79 Å². The standard InChI is InChI=1S/C17H27BrN2O/c1-4-5-6-11-17(2,3)13-19-12-16(21)20-15-9-7-14(18)8-10-15/h7-10,19H,4-6,11-13H2,1-3H3,(H,20,21). The van der Waals surface area contributed by atoms with Crippen molar-refractivity contribution in [2.24, 2.45) is 5.41 Å². The first-order chi connectivity index (χ1) is 9.93. The largest absolute Gasteiger partial charge is 0.325 e. The molecule has 0 saturated carbocycles. The second-order valence-corrected chi connectivity index (χ2v) is 7.20. The Balaban J connectivity index is 2.25. The predicted molar refractivity (Wildman–Crippen MR) is 93.6 cm³/mol. The number of carbonyl (C=O) groups excluding carboxylic acids is 1. The third-order valence-electron chi connectivity index (χ3n) is 3.47. The molecular formula is C17H27BrN2O. The molecule has 0 aliphatic carbocycles. The maximum atomic E-state index is 11.9. The van der Waals surface area contributed by atoms with Crippen molar-refractivity contribution in [2.45, 2.75) is 46.5 Å². The summed E-state index contributed by atoms with van der Waals surface area (Å²) < 4.78 is 1.01. The number of rotatable bonds is 9. The van der Waals surface area contributed by atoms with Gasteiger partial charge >= 0.3 is 0 Å². The number of hydrogen-bond acceptors (Lipinski definition) is 2. The van der Waals surface area contributed by atoms with Gasteiger partial charge in [-0.25, -0.2) is 0 Å². The first kappa shape index (κ1) is 18.2. The third-order valence-corrected chi connectivity index (χ3v) is 4.00. The molecule has 1 rings (SSSR count). The van der Waals surface area contributed by atoms with E-state index in [4.69, 9.17) is 0 Å². The molecule has 118 valence electrons. The molecule has 21 heavy (non-hydrogen) atoms. The minimum atomic E-state index is 0.00156. The van der Waals surface area contributed by atoms with E-state index >= 15 is 0 Å². The van der Waals surface area contributed by atoms with Gasteiger partial charge in [0.05, 0.1) is 6.54 Å². The Morgan fingerprint density at radius 2 is 1.86 bits per heavy atom. The maximum absolute atomic E-state index is 11.9. The maximum Gasteiger partial charge on any atom is 0.238 e. The van der Waals surface area contributed by atoms with Gasteiger partial charge < -0.3 is 10.6 Å².